The van der Waals surface area contributed by atoms with Crippen molar-refractivity contribution in [3.05, 3.63) is 75.8 Å². The summed E-state index contributed by atoms with van der Waals surface area (Å²) in [4.78, 5) is 12.0. The summed E-state index contributed by atoms with van der Waals surface area (Å²) in [6.45, 7) is 0. The summed E-state index contributed by atoms with van der Waals surface area (Å²) in [5, 5.41) is 21.0. The lowest BCUT2D eigenvalue weighted by molar-refractivity contribution is 0.598. The molecule has 0 atom stereocenters. The van der Waals surface area contributed by atoms with Gasteiger partial charge < -0.3 is 10.6 Å². The average molecular weight is 470 g/mol. The molecule has 160 valence electrons. The van der Waals surface area contributed by atoms with Crippen LogP contribution in [0.15, 0.2) is 64.3 Å². The van der Waals surface area contributed by atoms with E-state index in [1.807, 2.05) is 6.07 Å². The number of nitrogens with one attached hydrogen (secondary N) is 2. The maximum absolute atomic E-state index is 14.3. The molecule has 3 aromatic rings. The summed E-state index contributed by atoms with van der Waals surface area (Å²) >= 11 is 5.88. The lowest BCUT2D eigenvalue weighted by atomic mass is 10.2. The fraction of sp³-hybridized carbons (Fsp3) is 0. The Bertz CT molecular complexity index is 1550. The maximum atomic E-state index is 14.3. The van der Waals surface area contributed by atoms with Crippen molar-refractivity contribution in [1.29, 1.82) is 5.26 Å². The minimum atomic E-state index is -4.03. The third kappa shape index (κ3) is 4.57. The highest BCUT2D eigenvalue weighted by atomic mass is 35.5. The number of primary sulfonamides is 1. The molecule has 32 heavy (non-hydrogen) atoms. The molecule has 1 aromatic heterocycles. The average Bonchev–Trinajstić information content (AvgIpc) is 3.13. The summed E-state index contributed by atoms with van der Waals surface area (Å²) < 4.78 is 37.6. The van der Waals surface area contributed by atoms with Crippen molar-refractivity contribution in [3.8, 4) is 6.07 Å². The number of benzene rings is 2. The van der Waals surface area contributed by atoms with Crippen LogP contribution in [0, 0.1) is 17.1 Å². The van der Waals surface area contributed by atoms with Gasteiger partial charge in [0.05, 0.1) is 28.3 Å². The number of sulfonamides is 1. The summed E-state index contributed by atoms with van der Waals surface area (Å²) in [5.41, 5.74) is 1.36. The standard InChI is InChI=1S/C20H13ClFN7O2S/c21-15-3-1-13(9-18(15)32(24,30)31)28-20-25-10-16(22)19(29-20)27-12-2-4-17-11(7-12)8-14(26-17)5-6-23/h1-5,7-10H,(H2,24,30,31)(H2,25,27,28,29). The van der Waals surface area contributed by atoms with Crippen LogP contribution in [0.25, 0.3) is 6.08 Å². The van der Waals surface area contributed by atoms with E-state index in [2.05, 4.69) is 25.6 Å². The highest BCUT2D eigenvalue weighted by Crippen LogP contribution is 2.26. The van der Waals surface area contributed by atoms with E-state index in [1.165, 1.54) is 24.3 Å². The normalized spacial score (nSPS) is 13.6. The third-order valence-electron chi connectivity index (χ3n) is 4.29. The Hall–Kier alpha value is -3.85. The minimum absolute atomic E-state index is 0.0126. The molecule has 0 spiro atoms. The second kappa shape index (κ2) is 8.35. The van der Waals surface area contributed by atoms with Crippen LogP contribution in [0.1, 0.15) is 0 Å². The van der Waals surface area contributed by atoms with Gasteiger partial charge in [-0.05, 0) is 42.5 Å². The zero-order valence-electron chi connectivity index (χ0n) is 16.0. The Labute approximate surface area is 186 Å². The highest BCUT2D eigenvalue weighted by molar-refractivity contribution is 7.89. The Morgan fingerprint density at radius 1 is 1.16 bits per heavy atom. The molecule has 1 aliphatic heterocycles. The highest BCUT2D eigenvalue weighted by Gasteiger charge is 2.15. The van der Waals surface area contributed by atoms with E-state index >= 15 is 0 Å². The van der Waals surface area contributed by atoms with Gasteiger partial charge in [0.15, 0.2) is 11.6 Å². The van der Waals surface area contributed by atoms with Crippen LogP contribution < -0.4 is 26.3 Å². The van der Waals surface area contributed by atoms with Gasteiger partial charge in [0, 0.05) is 22.7 Å². The number of hydrogen-bond acceptors (Lipinski definition) is 8. The van der Waals surface area contributed by atoms with Crippen LogP contribution in [-0.2, 0) is 10.0 Å². The summed E-state index contributed by atoms with van der Waals surface area (Å²) in [5.74, 6) is -0.791. The molecular formula is C20H13ClFN7O2S. The first kappa shape index (κ1) is 21.4. The van der Waals surface area contributed by atoms with Crippen LogP contribution in [0.4, 0.5) is 27.5 Å². The Balaban J connectivity index is 1.61. The fourth-order valence-corrected chi connectivity index (χ4v) is 3.97. The molecule has 1 aliphatic rings. The van der Waals surface area contributed by atoms with Gasteiger partial charge in [-0.25, -0.2) is 27.9 Å². The molecule has 2 aromatic carbocycles. The molecule has 0 saturated carbocycles. The topological polar surface area (TPSA) is 146 Å². The Morgan fingerprint density at radius 2 is 1.91 bits per heavy atom. The number of allylic oxidation sites excluding steroid dienone is 2. The van der Waals surface area contributed by atoms with Crippen LogP contribution in [0.2, 0.25) is 5.02 Å². The first-order valence-electron chi connectivity index (χ1n) is 8.92. The molecule has 0 aliphatic carbocycles. The monoisotopic (exact) mass is 469 g/mol. The number of aromatic nitrogens is 2. The molecule has 0 unspecified atom stereocenters. The minimum Gasteiger partial charge on any atom is -0.338 e. The summed E-state index contributed by atoms with van der Waals surface area (Å²) in [6, 6.07) is 11.2. The van der Waals surface area contributed by atoms with E-state index in [9.17, 15) is 12.8 Å². The predicted octanol–water partition coefficient (Wildman–Crippen LogP) is 2.22. The van der Waals surface area contributed by atoms with Crippen LogP contribution >= 0.6 is 11.6 Å². The van der Waals surface area contributed by atoms with Gasteiger partial charge in [-0.2, -0.15) is 10.2 Å². The molecule has 4 rings (SSSR count). The number of nitrogens with zero attached hydrogens (tertiary/aromatic N) is 4. The van der Waals surface area contributed by atoms with Crippen molar-refractivity contribution in [2.24, 2.45) is 10.1 Å². The van der Waals surface area contributed by atoms with Crippen molar-refractivity contribution in [2.75, 3.05) is 10.6 Å². The van der Waals surface area contributed by atoms with E-state index in [4.69, 9.17) is 22.0 Å². The lowest BCUT2D eigenvalue weighted by Crippen LogP contribution is -2.21. The van der Waals surface area contributed by atoms with Gasteiger partial charge >= 0.3 is 0 Å². The van der Waals surface area contributed by atoms with Gasteiger partial charge in [0.25, 0.3) is 0 Å². The lowest BCUT2D eigenvalue weighted by Gasteiger charge is -2.10. The van der Waals surface area contributed by atoms with Crippen molar-refractivity contribution in [3.63, 3.8) is 0 Å². The molecule has 0 radical (unpaired) electrons. The number of halogens is 2. The number of anilines is 4. The van der Waals surface area contributed by atoms with E-state index in [1.54, 1.807) is 24.3 Å². The van der Waals surface area contributed by atoms with Gasteiger partial charge in [-0.3, -0.25) is 0 Å². The molecule has 0 fully saturated rings. The fourth-order valence-electron chi connectivity index (χ4n) is 2.90. The molecule has 2 heterocycles. The Morgan fingerprint density at radius 3 is 2.66 bits per heavy atom. The second-order valence-corrected chi connectivity index (χ2v) is 8.50. The number of rotatable bonds is 5. The quantitative estimate of drug-likeness (QED) is 0.485. The zero-order valence-corrected chi connectivity index (χ0v) is 17.6. The molecular weight excluding hydrogens is 457 g/mol. The van der Waals surface area contributed by atoms with Crippen LogP contribution in [0.5, 0.6) is 0 Å². The molecule has 0 bridgehead atoms. The van der Waals surface area contributed by atoms with Crippen molar-refractivity contribution < 1.29 is 12.8 Å². The van der Waals surface area contributed by atoms with Gasteiger partial charge in [0.2, 0.25) is 16.0 Å². The van der Waals surface area contributed by atoms with Gasteiger partial charge in [-0.1, -0.05) is 11.6 Å². The van der Waals surface area contributed by atoms with E-state index < -0.39 is 15.8 Å². The van der Waals surface area contributed by atoms with E-state index in [0.29, 0.717) is 22.4 Å². The smallest absolute Gasteiger partial charge is 0.239 e. The number of fused-ring (bicyclic) bond motifs is 1. The first-order chi connectivity index (χ1) is 15.2. The number of hydrogen-bond donors (Lipinski definition) is 3. The van der Waals surface area contributed by atoms with Crippen LogP contribution in [-0.4, -0.2) is 18.4 Å². The van der Waals surface area contributed by atoms with E-state index in [0.717, 1.165) is 11.4 Å². The largest absolute Gasteiger partial charge is 0.338 e. The SMILES string of the molecule is N#CC=C1C=c2cc(Nc3nc(Nc4ccc(Cl)c(S(N)(=O)=O)c4)ncc3F)ccc2=N1. The maximum Gasteiger partial charge on any atom is 0.239 e. The van der Waals surface area contributed by atoms with Gasteiger partial charge in [-0.15, -0.1) is 0 Å². The van der Waals surface area contributed by atoms with E-state index in [-0.39, 0.29) is 21.7 Å². The Kier molecular flexibility index (Phi) is 5.58. The van der Waals surface area contributed by atoms with Crippen molar-refractivity contribution in [2.45, 2.75) is 4.90 Å². The molecule has 12 heteroatoms. The van der Waals surface area contributed by atoms with Crippen LogP contribution in [0.3, 0.4) is 0 Å². The van der Waals surface area contributed by atoms with Crippen molar-refractivity contribution >= 4 is 50.8 Å². The first-order valence-corrected chi connectivity index (χ1v) is 10.8. The second-order valence-electron chi connectivity index (χ2n) is 6.56. The molecule has 0 amide bonds. The zero-order chi connectivity index (χ0) is 22.9. The third-order valence-corrected chi connectivity index (χ3v) is 5.69. The molecule has 4 N–H and O–H groups in total. The number of nitrogens with two attached hydrogens (primary N) is 1. The molecule has 9 nitrogen and oxygen atoms in total. The summed E-state index contributed by atoms with van der Waals surface area (Å²) in [6.07, 6.45) is 4.03. The predicted molar refractivity (Wildman–Crippen MR) is 117 cm³/mol. The van der Waals surface area contributed by atoms with Gasteiger partial charge in [0.1, 0.15) is 4.90 Å². The number of nitriles is 1. The summed E-state index contributed by atoms with van der Waals surface area (Å²) in [7, 11) is -4.03. The van der Waals surface area contributed by atoms with Crippen molar-refractivity contribution in [1.82, 2.24) is 9.97 Å². The molecule has 0 saturated heterocycles.